The smallest absolute Gasteiger partial charge is 0.228 e. The molecule has 20 heavy (non-hydrogen) atoms. The summed E-state index contributed by atoms with van der Waals surface area (Å²) in [5, 5.41) is 3.72. The number of nitrogens with two attached hydrogens (primary N) is 1. The molecule has 1 heterocycles. The van der Waals surface area contributed by atoms with E-state index >= 15 is 0 Å². The number of Topliss-reactive ketones (excluding diaryl/α,β-unsaturated/α-hetero) is 1. The van der Waals surface area contributed by atoms with Crippen molar-refractivity contribution in [2.45, 2.75) is 19.3 Å². The number of carbonyl (C=O) groups is 1. The average Bonchev–Trinajstić information content (AvgIpc) is 2.37. The van der Waals surface area contributed by atoms with Gasteiger partial charge in [-0.05, 0) is 40.9 Å². The minimum Gasteiger partial charge on any atom is -0.480 e. The third kappa shape index (κ3) is 3.47. The Balaban J connectivity index is 1.94. The summed E-state index contributed by atoms with van der Waals surface area (Å²) < 4.78 is 5.79. The standard InChI is InChI=1S/C13H16BrN3O3/c1-19-13-9(14)5-6-10(16-13)12(15)17-20-7-11(18)8-3-2-4-8/h5-6,8H,2-4,7H2,1H3,(H2,15,17). The molecule has 0 bridgehead atoms. The molecule has 7 heteroatoms. The van der Waals surface area contributed by atoms with Gasteiger partial charge < -0.3 is 15.3 Å². The van der Waals surface area contributed by atoms with Crippen molar-refractivity contribution >= 4 is 27.5 Å². The maximum Gasteiger partial charge on any atom is 0.228 e. The van der Waals surface area contributed by atoms with Crippen molar-refractivity contribution in [1.29, 1.82) is 0 Å². The van der Waals surface area contributed by atoms with Crippen molar-refractivity contribution in [3.63, 3.8) is 0 Å². The molecule has 1 aliphatic carbocycles. The molecular weight excluding hydrogens is 326 g/mol. The second kappa shape index (κ2) is 6.69. The van der Waals surface area contributed by atoms with Crippen LogP contribution in [-0.2, 0) is 9.63 Å². The molecule has 1 fully saturated rings. The fourth-order valence-corrected chi connectivity index (χ4v) is 2.15. The first-order valence-electron chi connectivity index (χ1n) is 6.31. The molecule has 0 unspecified atom stereocenters. The zero-order valence-corrected chi connectivity index (χ0v) is 12.7. The van der Waals surface area contributed by atoms with Crippen molar-refractivity contribution in [3.05, 3.63) is 22.3 Å². The van der Waals surface area contributed by atoms with E-state index in [4.69, 9.17) is 15.3 Å². The van der Waals surface area contributed by atoms with Gasteiger partial charge in [0.25, 0.3) is 0 Å². The fourth-order valence-electron chi connectivity index (χ4n) is 1.77. The summed E-state index contributed by atoms with van der Waals surface area (Å²) in [6.07, 6.45) is 3.02. The van der Waals surface area contributed by atoms with Gasteiger partial charge in [-0.2, -0.15) is 0 Å². The van der Waals surface area contributed by atoms with E-state index in [1.54, 1.807) is 12.1 Å². The molecule has 0 saturated heterocycles. The Morgan fingerprint density at radius 3 is 2.90 bits per heavy atom. The van der Waals surface area contributed by atoms with Gasteiger partial charge in [0.2, 0.25) is 5.88 Å². The second-order valence-electron chi connectivity index (χ2n) is 4.53. The molecule has 0 spiro atoms. The summed E-state index contributed by atoms with van der Waals surface area (Å²) in [6, 6.07) is 3.44. The van der Waals surface area contributed by atoms with Gasteiger partial charge in [-0.1, -0.05) is 11.6 Å². The third-order valence-electron chi connectivity index (χ3n) is 3.20. The first kappa shape index (κ1) is 14.8. The Morgan fingerprint density at radius 1 is 1.55 bits per heavy atom. The molecule has 6 nitrogen and oxygen atoms in total. The van der Waals surface area contributed by atoms with E-state index < -0.39 is 0 Å². The number of methoxy groups -OCH3 is 1. The fraction of sp³-hybridized carbons (Fsp3) is 0.462. The second-order valence-corrected chi connectivity index (χ2v) is 5.39. The normalized spacial score (nSPS) is 15.6. The molecule has 2 rings (SSSR count). The van der Waals surface area contributed by atoms with Crippen LogP contribution in [0.15, 0.2) is 21.8 Å². The van der Waals surface area contributed by atoms with Crippen molar-refractivity contribution in [3.8, 4) is 5.88 Å². The van der Waals surface area contributed by atoms with Crippen LogP contribution in [0.2, 0.25) is 0 Å². The molecule has 1 aromatic rings. The van der Waals surface area contributed by atoms with Gasteiger partial charge in [-0.15, -0.1) is 0 Å². The predicted molar refractivity (Wildman–Crippen MR) is 77.5 cm³/mol. The van der Waals surface area contributed by atoms with Gasteiger partial charge in [0.15, 0.2) is 18.2 Å². The summed E-state index contributed by atoms with van der Waals surface area (Å²) in [5.41, 5.74) is 6.19. The Bertz CT molecular complexity index is 530. The number of oxime groups is 1. The predicted octanol–water partition coefficient (Wildman–Crippen LogP) is 1.86. The minimum atomic E-state index is -0.0426. The first-order chi connectivity index (χ1) is 9.61. The van der Waals surface area contributed by atoms with Gasteiger partial charge in [0.05, 0.1) is 11.6 Å². The summed E-state index contributed by atoms with van der Waals surface area (Å²) in [7, 11) is 1.51. The molecule has 108 valence electrons. The zero-order valence-electron chi connectivity index (χ0n) is 11.1. The van der Waals surface area contributed by atoms with Crippen LogP contribution in [0.4, 0.5) is 0 Å². The third-order valence-corrected chi connectivity index (χ3v) is 3.80. The highest BCUT2D eigenvalue weighted by atomic mass is 79.9. The van der Waals surface area contributed by atoms with Crippen LogP contribution in [-0.4, -0.2) is 30.3 Å². The number of ether oxygens (including phenoxy) is 1. The number of hydrogen-bond acceptors (Lipinski definition) is 5. The van der Waals surface area contributed by atoms with Crippen LogP contribution < -0.4 is 10.5 Å². The number of amidine groups is 1. The molecule has 1 saturated carbocycles. The summed E-state index contributed by atoms with van der Waals surface area (Å²) in [4.78, 5) is 20.8. The van der Waals surface area contributed by atoms with Crippen molar-refractivity contribution in [2.75, 3.05) is 13.7 Å². The molecular formula is C13H16BrN3O3. The van der Waals surface area contributed by atoms with Gasteiger partial charge in [0, 0.05) is 5.92 Å². The Kier molecular flexibility index (Phi) is 4.94. The van der Waals surface area contributed by atoms with Crippen molar-refractivity contribution < 1.29 is 14.4 Å². The topological polar surface area (TPSA) is 86.8 Å². The number of carbonyl (C=O) groups excluding carboxylic acids is 1. The van der Waals surface area contributed by atoms with Crippen LogP contribution in [0.5, 0.6) is 5.88 Å². The molecule has 1 aliphatic rings. The van der Waals surface area contributed by atoms with E-state index in [1.165, 1.54) is 7.11 Å². The average molecular weight is 342 g/mol. The van der Waals surface area contributed by atoms with Crippen LogP contribution in [0.1, 0.15) is 25.0 Å². The lowest BCUT2D eigenvalue weighted by molar-refractivity contribution is -0.129. The molecule has 2 N–H and O–H groups in total. The lowest BCUT2D eigenvalue weighted by atomic mass is 9.82. The molecule has 0 amide bonds. The van der Waals surface area contributed by atoms with E-state index in [-0.39, 0.29) is 24.1 Å². The number of rotatable bonds is 6. The number of aromatic nitrogens is 1. The quantitative estimate of drug-likeness (QED) is 0.484. The van der Waals surface area contributed by atoms with E-state index in [9.17, 15) is 4.79 Å². The van der Waals surface area contributed by atoms with Crippen LogP contribution in [0, 0.1) is 5.92 Å². The number of hydrogen-bond donors (Lipinski definition) is 1. The number of nitrogens with zero attached hydrogens (tertiary/aromatic N) is 2. The van der Waals surface area contributed by atoms with Crippen molar-refractivity contribution in [1.82, 2.24) is 4.98 Å². The number of halogens is 1. The highest BCUT2D eigenvalue weighted by Crippen LogP contribution is 2.27. The van der Waals surface area contributed by atoms with Gasteiger partial charge in [-0.3, -0.25) is 4.79 Å². The van der Waals surface area contributed by atoms with Crippen LogP contribution >= 0.6 is 15.9 Å². The monoisotopic (exact) mass is 341 g/mol. The first-order valence-corrected chi connectivity index (χ1v) is 7.10. The molecule has 0 atom stereocenters. The van der Waals surface area contributed by atoms with E-state index in [0.717, 1.165) is 23.7 Å². The largest absolute Gasteiger partial charge is 0.480 e. The number of ketones is 1. The molecule has 0 aromatic carbocycles. The lowest BCUT2D eigenvalue weighted by Crippen LogP contribution is -2.25. The summed E-state index contributed by atoms with van der Waals surface area (Å²) in [6.45, 7) is -0.0426. The summed E-state index contributed by atoms with van der Waals surface area (Å²) >= 11 is 3.30. The van der Waals surface area contributed by atoms with Gasteiger partial charge in [0.1, 0.15) is 5.69 Å². The van der Waals surface area contributed by atoms with Gasteiger partial charge in [-0.25, -0.2) is 4.98 Å². The zero-order chi connectivity index (χ0) is 14.5. The molecule has 1 aromatic heterocycles. The van der Waals surface area contributed by atoms with Gasteiger partial charge >= 0.3 is 0 Å². The minimum absolute atomic E-state index is 0.0426. The molecule has 0 aliphatic heterocycles. The summed E-state index contributed by atoms with van der Waals surface area (Å²) in [5.74, 6) is 0.731. The van der Waals surface area contributed by atoms with Crippen LogP contribution in [0.3, 0.4) is 0 Å². The van der Waals surface area contributed by atoms with E-state index in [2.05, 4.69) is 26.1 Å². The maximum absolute atomic E-state index is 11.6. The van der Waals surface area contributed by atoms with Crippen LogP contribution in [0.25, 0.3) is 0 Å². The Labute approximate surface area is 125 Å². The highest BCUT2D eigenvalue weighted by molar-refractivity contribution is 9.10. The molecule has 0 radical (unpaired) electrons. The van der Waals surface area contributed by atoms with Crippen molar-refractivity contribution in [2.24, 2.45) is 16.8 Å². The van der Waals surface area contributed by atoms with E-state index in [0.29, 0.717) is 11.6 Å². The maximum atomic E-state index is 11.6. The number of pyridine rings is 1. The SMILES string of the molecule is COc1nc(/C(N)=N/OCC(=O)C2CCC2)ccc1Br. The lowest BCUT2D eigenvalue weighted by Gasteiger charge is -2.22. The highest BCUT2D eigenvalue weighted by Gasteiger charge is 2.25. The Hall–Kier alpha value is -1.63. The Morgan fingerprint density at radius 2 is 2.30 bits per heavy atom. The van der Waals surface area contributed by atoms with E-state index in [1.807, 2.05) is 0 Å².